The molecule has 1 saturated heterocycles. The maximum absolute atomic E-state index is 5.63. The maximum Gasteiger partial charge on any atom is 0.137 e. The van der Waals surface area contributed by atoms with Crippen LogP contribution < -0.4 is 10.1 Å². The number of aromatic nitrogens is 1. The van der Waals surface area contributed by atoms with E-state index in [9.17, 15) is 0 Å². The molecule has 1 aliphatic heterocycles. The zero-order chi connectivity index (χ0) is 9.38. The minimum Gasteiger partial charge on any atom is -0.490 e. The second kappa shape index (κ2) is 4.37. The van der Waals surface area contributed by atoms with E-state index in [1.54, 1.807) is 12.4 Å². The molecule has 1 saturated carbocycles. The van der Waals surface area contributed by atoms with Crippen LogP contribution in [0.5, 0.6) is 5.75 Å². The number of nitrogens with zero attached hydrogens (tertiary/aromatic N) is 1. The fourth-order valence-electron chi connectivity index (χ4n) is 2.19. The van der Waals surface area contributed by atoms with Crippen molar-refractivity contribution in [3.8, 4) is 5.75 Å². The molecule has 0 radical (unpaired) electrons. The van der Waals surface area contributed by atoms with Crippen LogP contribution in [0.4, 0.5) is 0 Å². The second-order valence-electron chi connectivity index (χ2n) is 4.20. The van der Waals surface area contributed by atoms with Crippen LogP contribution in [0.2, 0.25) is 0 Å². The Bertz CT molecular complexity index is 310. The minimum absolute atomic E-state index is 0. The highest BCUT2D eigenvalue weighted by Crippen LogP contribution is 2.40. The van der Waals surface area contributed by atoms with Gasteiger partial charge in [0.15, 0.2) is 0 Å². The maximum atomic E-state index is 5.63. The predicted octanol–water partition coefficient (Wildman–Crippen LogP) is 1.63. The van der Waals surface area contributed by atoms with Crippen molar-refractivity contribution in [2.24, 2.45) is 5.92 Å². The zero-order valence-electron chi connectivity index (χ0n) is 8.43. The number of piperidine rings is 1. The molecule has 3 nitrogen and oxygen atoms in total. The van der Waals surface area contributed by atoms with Gasteiger partial charge in [-0.05, 0) is 30.9 Å². The summed E-state index contributed by atoms with van der Waals surface area (Å²) in [5.74, 6) is 1.81. The average molecular weight is 227 g/mol. The molecule has 1 aromatic heterocycles. The largest absolute Gasteiger partial charge is 0.490 e. The molecule has 82 valence electrons. The standard InChI is InChI=1S/C11H14N2O.ClH/c1-2-10(6-12-3-1)14-7-9-4-8-5-11(8)13-9;/h1-3,6,8-9,11,13H,4-5,7H2;1H/t8-,9-,11+;/m0./s1. The highest BCUT2D eigenvalue weighted by molar-refractivity contribution is 5.85. The Labute approximate surface area is 95.6 Å². The monoisotopic (exact) mass is 226 g/mol. The van der Waals surface area contributed by atoms with E-state index >= 15 is 0 Å². The fourth-order valence-corrected chi connectivity index (χ4v) is 2.19. The Kier molecular flexibility index (Phi) is 3.12. The first kappa shape index (κ1) is 10.7. The third-order valence-electron chi connectivity index (χ3n) is 3.05. The lowest BCUT2D eigenvalue weighted by Gasteiger charge is -2.13. The highest BCUT2D eigenvalue weighted by Gasteiger charge is 2.45. The predicted molar refractivity (Wildman–Crippen MR) is 60.4 cm³/mol. The summed E-state index contributed by atoms with van der Waals surface area (Å²) in [6.45, 7) is 0.776. The molecule has 1 aliphatic carbocycles. The number of pyridine rings is 1. The third-order valence-corrected chi connectivity index (χ3v) is 3.05. The Balaban J connectivity index is 0.000000853. The van der Waals surface area contributed by atoms with Gasteiger partial charge < -0.3 is 10.1 Å². The van der Waals surface area contributed by atoms with E-state index in [4.69, 9.17) is 4.74 Å². The molecule has 2 fully saturated rings. The van der Waals surface area contributed by atoms with Crippen molar-refractivity contribution < 1.29 is 4.74 Å². The van der Waals surface area contributed by atoms with E-state index in [0.717, 1.165) is 24.3 Å². The number of rotatable bonds is 3. The Morgan fingerprint density at radius 3 is 3.07 bits per heavy atom. The molecule has 4 heteroatoms. The molecule has 0 amide bonds. The SMILES string of the molecule is Cl.c1cncc(OC[C@@H]2C[C@H]3C[C@H]3N2)c1. The molecule has 2 heterocycles. The number of nitrogens with one attached hydrogen (secondary N) is 1. The minimum atomic E-state index is 0. The summed E-state index contributed by atoms with van der Waals surface area (Å²) in [5, 5.41) is 3.55. The molecule has 3 atom stereocenters. The number of halogens is 1. The summed E-state index contributed by atoms with van der Waals surface area (Å²) < 4.78 is 5.63. The quantitative estimate of drug-likeness (QED) is 0.851. The van der Waals surface area contributed by atoms with Crippen molar-refractivity contribution in [2.45, 2.75) is 24.9 Å². The topological polar surface area (TPSA) is 34.1 Å². The molecular weight excluding hydrogens is 212 g/mol. The van der Waals surface area contributed by atoms with Crippen LogP contribution in [0.15, 0.2) is 24.5 Å². The summed E-state index contributed by atoms with van der Waals surface area (Å²) in [5.41, 5.74) is 0. The van der Waals surface area contributed by atoms with Crippen molar-refractivity contribution in [1.82, 2.24) is 10.3 Å². The van der Waals surface area contributed by atoms with Crippen molar-refractivity contribution in [1.29, 1.82) is 0 Å². The van der Waals surface area contributed by atoms with E-state index in [1.807, 2.05) is 12.1 Å². The summed E-state index contributed by atoms with van der Waals surface area (Å²) in [7, 11) is 0. The van der Waals surface area contributed by atoms with Gasteiger partial charge in [0.05, 0.1) is 6.20 Å². The van der Waals surface area contributed by atoms with Crippen molar-refractivity contribution in [2.75, 3.05) is 6.61 Å². The molecule has 2 aliphatic rings. The lowest BCUT2D eigenvalue weighted by Crippen LogP contribution is -2.31. The number of hydrogen-bond donors (Lipinski definition) is 1. The van der Waals surface area contributed by atoms with Gasteiger partial charge in [0, 0.05) is 18.3 Å². The summed E-state index contributed by atoms with van der Waals surface area (Å²) >= 11 is 0. The van der Waals surface area contributed by atoms with E-state index in [-0.39, 0.29) is 12.4 Å². The van der Waals surface area contributed by atoms with E-state index in [0.29, 0.717) is 6.04 Å². The molecule has 15 heavy (non-hydrogen) atoms. The zero-order valence-corrected chi connectivity index (χ0v) is 9.24. The molecule has 3 rings (SSSR count). The molecule has 0 aromatic carbocycles. The van der Waals surface area contributed by atoms with E-state index < -0.39 is 0 Å². The van der Waals surface area contributed by atoms with E-state index in [1.165, 1.54) is 12.8 Å². The smallest absolute Gasteiger partial charge is 0.137 e. The van der Waals surface area contributed by atoms with E-state index in [2.05, 4.69) is 10.3 Å². The fraction of sp³-hybridized carbons (Fsp3) is 0.545. The van der Waals surface area contributed by atoms with Crippen LogP contribution in [0.3, 0.4) is 0 Å². The molecular formula is C11H15ClN2O. The van der Waals surface area contributed by atoms with Crippen LogP contribution >= 0.6 is 12.4 Å². The van der Waals surface area contributed by atoms with Gasteiger partial charge in [0.25, 0.3) is 0 Å². The molecule has 0 spiro atoms. The van der Waals surface area contributed by atoms with Crippen LogP contribution in [-0.2, 0) is 0 Å². The van der Waals surface area contributed by atoms with Gasteiger partial charge in [0.1, 0.15) is 12.4 Å². The molecule has 0 unspecified atom stereocenters. The summed E-state index contributed by atoms with van der Waals surface area (Å²) in [6, 6.07) is 5.20. The normalized spacial score (nSPS) is 31.6. The summed E-state index contributed by atoms with van der Waals surface area (Å²) in [4.78, 5) is 4.01. The summed E-state index contributed by atoms with van der Waals surface area (Å²) in [6.07, 6.45) is 6.18. The molecule has 1 N–H and O–H groups in total. The first-order chi connectivity index (χ1) is 6.92. The van der Waals surface area contributed by atoms with Gasteiger partial charge >= 0.3 is 0 Å². The van der Waals surface area contributed by atoms with Gasteiger partial charge in [-0.3, -0.25) is 4.98 Å². The van der Waals surface area contributed by atoms with Gasteiger partial charge in [0.2, 0.25) is 0 Å². The second-order valence-corrected chi connectivity index (χ2v) is 4.20. The van der Waals surface area contributed by atoms with Crippen molar-refractivity contribution in [3.63, 3.8) is 0 Å². The lowest BCUT2D eigenvalue weighted by molar-refractivity contribution is 0.267. The first-order valence-corrected chi connectivity index (χ1v) is 5.21. The number of ether oxygens (including phenoxy) is 1. The van der Waals surface area contributed by atoms with Crippen LogP contribution in [0.25, 0.3) is 0 Å². The third kappa shape index (κ3) is 2.41. The highest BCUT2D eigenvalue weighted by atomic mass is 35.5. The molecule has 0 bridgehead atoms. The van der Waals surface area contributed by atoms with Crippen LogP contribution in [0.1, 0.15) is 12.8 Å². The Hall–Kier alpha value is -0.800. The van der Waals surface area contributed by atoms with Crippen molar-refractivity contribution in [3.05, 3.63) is 24.5 Å². The lowest BCUT2D eigenvalue weighted by atomic mass is 10.2. The number of fused-ring (bicyclic) bond motifs is 1. The number of hydrogen-bond acceptors (Lipinski definition) is 3. The van der Waals surface area contributed by atoms with Gasteiger partial charge in [-0.2, -0.15) is 0 Å². The average Bonchev–Trinajstić information content (AvgIpc) is 2.85. The van der Waals surface area contributed by atoms with Crippen LogP contribution in [-0.4, -0.2) is 23.7 Å². The first-order valence-electron chi connectivity index (χ1n) is 5.21. The van der Waals surface area contributed by atoms with Gasteiger partial charge in [-0.1, -0.05) is 0 Å². The molecule has 1 aromatic rings. The van der Waals surface area contributed by atoms with Crippen LogP contribution in [0, 0.1) is 5.92 Å². The Morgan fingerprint density at radius 1 is 1.47 bits per heavy atom. The van der Waals surface area contributed by atoms with Gasteiger partial charge in [-0.15, -0.1) is 12.4 Å². The van der Waals surface area contributed by atoms with Gasteiger partial charge in [-0.25, -0.2) is 0 Å². The van der Waals surface area contributed by atoms with Crippen molar-refractivity contribution >= 4 is 12.4 Å². The Morgan fingerprint density at radius 2 is 2.40 bits per heavy atom.